The largest absolute Gasteiger partial charge is 0.395 e. The molecule has 0 spiro atoms. The highest BCUT2D eigenvalue weighted by Gasteiger charge is 2.15. The summed E-state index contributed by atoms with van der Waals surface area (Å²) >= 11 is 1.47. The summed E-state index contributed by atoms with van der Waals surface area (Å²) in [6, 6.07) is 6.23. The molecule has 0 fully saturated rings. The van der Waals surface area contributed by atoms with Gasteiger partial charge in [0.25, 0.3) is 0 Å². The van der Waals surface area contributed by atoms with Gasteiger partial charge in [0, 0.05) is 37.0 Å². The third-order valence-corrected chi connectivity index (χ3v) is 5.14. The fourth-order valence-electron chi connectivity index (χ4n) is 2.90. The second-order valence-corrected chi connectivity index (χ2v) is 6.92. The highest BCUT2D eigenvalue weighted by molar-refractivity contribution is 7.17. The molecule has 2 heterocycles. The predicted molar refractivity (Wildman–Crippen MR) is 107 cm³/mol. The van der Waals surface area contributed by atoms with Gasteiger partial charge in [-0.3, -0.25) is 4.79 Å². The van der Waals surface area contributed by atoms with Crippen LogP contribution in [-0.2, 0) is 4.79 Å². The van der Waals surface area contributed by atoms with E-state index >= 15 is 0 Å². The Hall–Kier alpha value is -2.62. The van der Waals surface area contributed by atoms with Crippen LogP contribution in [0.25, 0.3) is 21.3 Å². The molecule has 148 valence electrons. The number of carbonyl (C=O) groups excluding carboxylic acids is 1. The first-order valence-corrected chi connectivity index (χ1v) is 9.73. The first-order chi connectivity index (χ1) is 13.6. The second kappa shape index (κ2) is 9.54. The third-order valence-electron chi connectivity index (χ3n) is 4.25. The molecule has 3 N–H and O–H groups in total. The number of rotatable bonds is 9. The summed E-state index contributed by atoms with van der Waals surface area (Å²) in [6.07, 6.45) is 1.66. The standard InChI is InChI=1S/C19H21FN4O3S/c20-14-3-1-13(2-4-14)15-11-28-19-17(15)18(22-12-23-19)21-6-5-16(27)24(7-9-25)8-10-26/h1-4,11-12,25-26H,5-10H2,(H,21,22,23). The summed E-state index contributed by atoms with van der Waals surface area (Å²) in [5.41, 5.74) is 1.76. The van der Waals surface area contributed by atoms with Gasteiger partial charge in [-0.15, -0.1) is 11.3 Å². The Morgan fingerprint density at radius 1 is 1.14 bits per heavy atom. The molecule has 9 heteroatoms. The number of amides is 1. The van der Waals surface area contributed by atoms with E-state index in [1.54, 1.807) is 12.1 Å². The zero-order valence-corrected chi connectivity index (χ0v) is 16.0. The van der Waals surface area contributed by atoms with Crippen molar-refractivity contribution in [3.8, 4) is 11.1 Å². The van der Waals surface area contributed by atoms with E-state index in [1.165, 1.54) is 34.7 Å². The van der Waals surface area contributed by atoms with Gasteiger partial charge in [-0.05, 0) is 17.7 Å². The van der Waals surface area contributed by atoms with E-state index in [0.717, 1.165) is 21.3 Å². The number of nitrogens with one attached hydrogen (secondary N) is 1. The molecular weight excluding hydrogens is 383 g/mol. The molecule has 0 atom stereocenters. The molecule has 0 bridgehead atoms. The van der Waals surface area contributed by atoms with E-state index in [0.29, 0.717) is 12.4 Å². The highest BCUT2D eigenvalue weighted by Crippen LogP contribution is 2.36. The number of anilines is 1. The van der Waals surface area contributed by atoms with Gasteiger partial charge in [-0.25, -0.2) is 14.4 Å². The fourth-order valence-corrected chi connectivity index (χ4v) is 3.82. The van der Waals surface area contributed by atoms with Crippen LogP contribution in [0.3, 0.4) is 0 Å². The molecule has 3 rings (SSSR count). The van der Waals surface area contributed by atoms with Gasteiger partial charge in [0.05, 0.1) is 18.6 Å². The Balaban J connectivity index is 1.75. The lowest BCUT2D eigenvalue weighted by Gasteiger charge is -2.20. The fraction of sp³-hybridized carbons (Fsp3) is 0.316. The first kappa shape index (κ1) is 20.1. The van der Waals surface area contributed by atoms with Crippen LogP contribution in [-0.4, -0.2) is 63.8 Å². The van der Waals surface area contributed by atoms with Gasteiger partial charge >= 0.3 is 0 Å². The van der Waals surface area contributed by atoms with Crippen LogP contribution in [0, 0.1) is 5.82 Å². The van der Waals surface area contributed by atoms with Crippen molar-refractivity contribution in [1.29, 1.82) is 0 Å². The van der Waals surface area contributed by atoms with Crippen LogP contribution in [0.2, 0.25) is 0 Å². The Labute approximate surface area is 165 Å². The smallest absolute Gasteiger partial charge is 0.224 e. The second-order valence-electron chi connectivity index (χ2n) is 6.06. The number of fused-ring (bicyclic) bond motifs is 1. The molecule has 3 aromatic rings. The summed E-state index contributed by atoms with van der Waals surface area (Å²) in [4.78, 5) is 23.1. The predicted octanol–water partition coefficient (Wildman–Crippen LogP) is 2.11. The van der Waals surface area contributed by atoms with E-state index in [1.807, 2.05) is 5.38 Å². The summed E-state index contributed by atoms with van der Waals surface area (Å²) in [5, 5.41) is 24.0. The minimum Gasteiger partial charge on any atom is -0.395 e. The minimum atomic E-state index is -0.299. The van der Waals surface area contributed by atoms with Crippen molar-refractivity contribution in [3.63, 3.8) is 0 Å². The van der Waals surface area contributed by atoms with Crippen LogP contribution < -0.4 is 5.32 Å². The lowest BCUT2D eigenvalue weighted by Crippen LogP contribution is -2.36. The lowest BCUT2D eigenvalue weighted by molar-refractivity contribution is -0.131. The number of benzene rings is 1. The number of hydrogen-bond donors (Lipinski definition) is 3. The van der Waals surface area contributed by atoms with Gasteiger partial charge in [0.1, 0.15) is 22.8 Å². The van der Waals surface area contributed by atoms with Gasteiger partial charge in [0.2, 0.25) is 5.91 Å². The number of aliphatic hydroxyl groups excluding tert-OH is 2. The number of nitrogens with zero attached hydrogens (tertiary/aromatic N) is 3. The first-order valence-electron chi connectivity index (χ1n) is 8.85. The maximum Gasteiger partial charge on any atom is 0.224 e. The van der Waals surface area contributed by atoms with Crippen LogP contribution in [0.15, 0.2) is 36.0 Å². The van der Waals surface area contributed by atoms with Crippen molar-refractivity contribution >= 4 is 33.3 Å². The molecule has 1 amide bonds. The van der Waals surface area contributed by atoms with E-state index < -0.39 is 0 Å². The normalized spacial score (nSPS) is 11.0. The molecular formula is C19H21FN4O3S. The molecule has 0 aliphatic heterocycles. The highest BCUT2D eigenvalue weighted by atomic mass is 32.1. The summed E-state index contributed by atoms with van der Waals surface area (Å²) in [6.45, 7) is 0.424. The Morgan fingerprint density at radius 2 is 1.86 bits per heavy atom. The van der Waals surface area contributed by atoms with Crippen molar-refractivity contribution < 1.29 is 19.4 Å². The van der Waals surface area contributed by atoms with Gasteiger partial charge in [-0.2, -0.15) is 0 Å². The summed E-state index contributed by atoms with van der Waals surface area (Å²) < 4.78 is 13.2. The average Bonchev–Trinajstić information content (AvgIpc) is 3.13. The molecule has 2 aromatic heterocycles. The van der Waals surface area contributed by atoms with E-state index in [2.05, 4.69) is 15.3 Å². The van der Waals surface area contributed by atoms with Crippen molar-refractivity contribution in [1.82, 2.24) is 14.9 Å². The summed E-state index contributed by atoms with van der Waals surface area (Å²) in [7, 11) is 0. The SMILES string of the molecule is O=C(CCNc1ncnc2scc(-c3ccc(F)cc3)c12)N(CCO)CCO. The minimum absolute atomic E-state index is 0.151. The van der Waals surface area contributed by atoms with Gasteiger partial charge in [-0.1, -0.05) is 12.1 Å². The molecule has 0 aliphatic carbocycles. The number of thiophene rings is 1. The number of aliphatic hydroxyl groups is 2. The number of hydrogen-bond acceptors (Lipinski definition) is 7. The molecule has 28 heavy (non-hydrogen) atoms. The molecule has 0 aliphatic rings. The van der Waals surface area contributed by atoms with Gasteiger partial charge < -0.3 is 20.4 Å². The Morgan fingerprint density at radius 3 is 2.54 bits per heavy atom. The van der Waals surface area contributed by atoms with Crippen molar-refractivity contribution in [2.45, 2.75) is 6.42 Å². The number of halogens is 1. The van der Waals surface area contributed by atoms with Crippen molar-refractivity contribution in [2.24, 2.45) is 0 Å². The van der Waals surface area contributed by atoms with Crippen LogP contribution in [0.5, 0.6) is 0 Å². The van der Waals surface area contributed by atoms with Crippen LogP contribution in [0.4, 0.5) is 10.2 Å². The zero-order valence-electron chi connectivity index (χ0n) is 15.1. The lowest BCUT2D eigenvalue weighted by atomic mass is 10.1. The van der Waals surface area contributed by atoms with Gasteiger partial charge in [0.15, 0.2) is 0 Å². The number of aromatic nitrogens is 2. The molecule has 7 nitrogen and oxygen atoms in total. The molecule has 0 unspecified atom stereocenters. The topological polar surface area (TPSA) is 98.6 Å². The maximum absolute atomic E-state index is 13.2. The van der Waals surface area contributed by atoms with E-state index in [9.17, 15) is 9.18 Å². The summed E-state index contributed by atoms with van der Waals surface area (Å²) in [5.74, 6) is 0.144. The van der Waals surface area contributed by atoms with E-state index in [4.69, 9.17) is 10.2 Å². The molecule has 1 aromatic carbocycles. The number of carbonyl (C=O) groups is 1. The Bertz CT molecular complexity index is 927. The third kappa shape index (κ3) is 4.61. The molecule has 0 saturated carbocycles. The van der Waals surface area contributed by atoms with Crippen LogP contribution >= 0.6 is 11.3 Å². The quantitative estimate of drug-likeness (QED) is 0.505. The van der Waals surface area contributed by atoms with E-state index in [-0.39, 0.29) is 44.4 Å². The average molecular weight is 404 g/mol. The van der Waals surface area contributed by atoms with Crippen molar-refractivity contribution in [3.05, 3.63) is 41.8 Å². The zero-order chi connectivity index (χ0) is 19.9. The molecule has 0 saturated heterocycles. The monoisotopic (exact) mass is 404 g/mol. The van der Waals surface area contributed by atoms with Crippen molar-refractivity contribution in [2.75, 3.05) is 38.2 Å². The Kier molecular flexibility index (Phi) is 6.85. The molecule has 0 radical (unpaired) electrons. The van der Waals surface area contributed by atoms with Crippen LogP contribution in [0.1, 0.15) is 6.42 Å². The maximum atomic E-state index is 13.2.